The van der Waals surface area contributed by atoms with E-state index in [-0.39, 0.29) is 0 Å². The third kappa shape index (κ3) is 4.32. The van der Waals surface area contributed by atoms with Gasteiger partial charge in [0.2, 0.25) is 0 Å². The highest BCUT2D eigenvalue weighted by atomic mass is 32.1. The fourth-order valence-electron chi connectivity index (χ4n) is 6.69. The average molecular weight is 593 g/mol. The van der Waals surface area contributed by atoms with Crippen molar-refractivity contribution in [3.8, 4) is 16.8 Å². The standard InChI is InChI=1S/C42H28N2S/c1-3-11-31(12-4-1)43(34-24-25-37-36-16-8-10-18-41(36)45-42(37)28-34)33-22-19-29(20-23-33)30-21-26-40-38(27-30)35-15-7-9-17-39(35)44(40)32-13-5-2-6-14-32/h1-28H. The molecule has 0 N–H and O–H groups in total. The molecule has 0 aliphatic carbocycles. The molecule has 0 atom stereocenters. The molecule has 0 fully saturated rings. The molecule has 2 heterocycles. The molecule has 0 aliphatic heterocycles. The molecule has 0 spiro atoms. The molecular weight excluding hydrogens is 565 g/mol. The Balaban J connectivity index is 1.14. The number of hydrogen-bond donors (Lipinski definition) is 0. The number of rotatable bonds is 5. The predicted octanol–water partition coefficient (Wildman–Crippen LogP) is 12.3. The summed E-state index contributed by atoms with van der Waals surface area (Å²) in [6.45, 7) is 0. The Bertz CT molecular complexity index is 2470. The number of benzene rings is 7. The molecule has 3 heteroatoms. The van der Waals surface area contributed by atoms with Gasteiger partial charge in [-0.15, -0.1) is 11.3 Å². The number of hydrogen-bond acceptors (Lipinski definition) is 2. The highest BCUT2D eigenvalue weighted by Gasteiger charge is 2.16. The summed E-state index contributed by atoms with van der Waals surface area (Å²) in [4.78, 5) is 2.35. The van der Waals surface area contributed by atoms with E-state index < -0.39 is 0 Å². The van der Waals surface area contributed by atoms with E-state index in [1.54, 1.807) is 0 Å². The van der Waals surface area contributed by atoms with Gasteiger partial charge in [0.05, 0.1) is 11.0 Å². The first-order chi connectivity index (χ1) is 22.3. The highest BCUT2D eigenvalue weighted by molar-refractivity contribution is 7.25. The van der Waals surface area contributed by atoms with Crippen LogP contribution >= 0.6 is 11.3 Å². The van der Waals surface area contributed by atoms with E-state index in [4.69, 9.17) is 0 Å². The second kappa shape index (κ2) is 10.5. The summed E-state index contributed by atoms with van der Waals surface area (Å²) in [6, 6.07) is 61.4. The predicted molar refractivity (Wildman–Crippen MR) is 194 cm³/mol. The van der Waals surface area contributed by atoms with Crippen LogP contribution in [0.15, 0.2) is 170 Å². The second-order valence-electron chi connectivity index (χ2n) is 11.4. The lowest BCUT2D eigenvalue weighted by atomic mass is 10.0. The lowest BCUT2D eigenvalue weighted by Crippen LogP contribution is -2.09. The quantitative estimate of drug-likeness (QED) is 0.193. The zero-order chi connectivity index (χ0) is 29.7. The van der Waals surface area contributed by atoms with E-state index in [0.717, 1.165) is 17.1 Å². The number of fused-ring (bicyclic) bond motifs is 6. The molecule has 2 nitrogen and oxygen atoms in total. The first-order valence-corrected chi connectivity index (χ1v) is 16.1. The topological polar surface area (TPSA) is 8.17 Å². The summed E-state index contributed by atoms with van der Waals surface area (Å²) in [5.74, 6) is 0. The van der Waals surface area contributed by atoms with Crippen LogP contribution in [0.4, 0.5) is 17.1 Å². The van der Waals surface area contributed by atoms with Crippen LogP contribution in [-0.2, 0) is 0 Å². The molecule has 2 aromatic heterocycles. The van der Waals surface area contributed by atoms with Gasteiger partial charge in [0.1, 0.15) is 0 Å². The lowest BCUT2D eigenvalue weighted by molar-refractivity contribution is 1.18. The number of para-hydroxylation sites is 3. The fraction of sp³-hybridized carbons (Fsp3) is 0. The van der Waals surface area contributed by atoms with Crippen LogP contribution in [0.2, 0.25) is 0 Å². The van der Waals surface area contributed by atoms with Crippen molar-refractivity contribution in [2.24, 2.45) is 0 Å². The van der Waals surface area contributed by atoms with E-state index >= 15 is 0 Å². The molecule has 7 aromatic carbocycles. The van der Waals surface area contributed by atoms with Crippen LogP contribution < -0.4 is 4.90 Å². The second-order valence-corrected chi connectivity index (χ2v) is 12.5. The largest absolute Gasteiger partial charge is 0.310 e. The number of aromatic nitrogens is 1. The molecule has 0 aliphatic rings. The van der Waals surface area contributed by atoms with Crippen LogP contribution in [0.1, 0.15) is 0 Å². The molecule has 9 aromatic rings. The van der Waals surface area contributed by atoms with Crippen molar-refractivity contribution in [1.29, 1.82) is 0 Å². The summed E-state index contributed by atoms with van der Waals surface area (Å²) in [6.07, 6.45) is 0. The van der Waals surface area contributed by atoms with E-state index in [2.05, 4.69) is 179 Å². The van der Waals surface area contributed by atoms with E-state index in [0.29, 0.717) is 0 Å². The van der Waals surface area contributed by atoms with Gasteiger partial charge in [-0.3, -0.25) is 0 Å². The summed E-state index contributed by atoms with van der Waals surface area (Å²) in [7, 11) is 0. The minimum Gasteiger partial charge on any atom is -0.310 e. The SMILES string of the molecule is c1ccc(N(c2ccc(-c3ccc4c(c3)c3ccccc3n4-c3ccccc3)cc2)c2ccc3c(c2)sc2ccccc23)cc1. The van der Waals surface area contributed by atoms with Crippen LogP contribution in [0, 0.1) is 0 Å². The summed E-state index contributed by atoms with van der Waals surface area (Å²) in [5, 5.41) is 5.16. The van der Waals surface area contributed by atoms with Crippen molar-refractivity contribution in [2.75, 3.05) is 4.90 Å². The third-order valence-electron chi connectivity index (χ3n) is 8.78. The van der Waals surface area contributed by atoms with Crippen molar-refractivity contribution < 1.29 is 0 Å². The van der Waals surface area contributed by atoms with E-state index in [1.165, 1.54) is 58.8 Å². The van der Waals surface area contributed by atoms with Crippen molar-refractivity contribution in [3.05, 3.63) is 170 Å². The van der Waals surface area contributed by atoms with Gasteiger partial charge in [-0.05, 0) is 83.9 Å². The van der Waals surface area contributed by atoms with Gasteiger partial charge in [0.25, 0.3) is 0 Å². The molecule has 9 rings (SSSR count). The number of thiophene rings is 1. The lowest BCUT2D eigenvalue weighted by Gasteiger charge is -2.25. The first-order valence-electron chi connectivity index (χ1n) is 15.3. The van der Waals surface area contributed by atoms with Crippen molar-refractivity contribution in [2.45, 2.75) is 0 Å². The number of nitrogens with zero attached hydrogens (tertiary/aromatic N) is 2. The van der Waals surface area contributed by atoms with Crippen molar-refractivity contribution in [1.82, 2.24) is 4.57 Å². The maximum atomic E-state index is 2.36. The Morgan fingerprint density at radius 3 is 1.80 bits per heavy atom. The highest BCUT2D eigenvalue weighted by Crippen LogP contribution is 2.41. The van der Waals surface area contributed by atoms with Gasteiger partial charge in [-0.1, -0.05) is 97.1 Å². The first kappa shape index (κ1) is 25.8. The Labute approximate surface area is 265 Å². The summed E-state index contributed by atoms with van der Waals surface area (Å²) in [5.41, 5.74) is 9.45. The molecule has 212 valence electrons. The van der Waals surface area contributed by atoms with Crippen molar-refractivity contribution >= 4 is 70.4 Å². The van der Waals surface area contributed by atoms with Crippen molar-refractivity contribution in [3.63, 3.8) is 0 Å². The van der Waals surface area contributed by atoms with Gasteiger partial charge in [0.15, 0.2) is 0 Å². The van der Waals surface area contributed by atoms with Gasteiger partial charge >= 0.3 is 0 Å². The molecule has 0 bridgehead atoms. The van der Waals surface area contributed by atoms with Crippen LogP contribution in [0.25, 0.3) is 58.8 Å². The zero-order valence-corrected chi connectivity index (χ0v) is 25.3. The smallest absolute Gasteiger partial charge is 0.0541 e. The number of anilines is 3. The fourth-order valence-corrected chi connectivity index (χ4v) is 7.83. The molecule has 0 unspecified atom stereocenters. The summed E-state index contributed by atoms with van der Waals surface area (Å²) < 4.78 is 4.99. The van der Waals surface area contributed by atoms with Gasteiger partial charge < -0.3 is 9.47 Å². The molecule has 0 radical (unpaired) electrons. The monoisotopic (exact) mass is 592 g/mol. The molecule has 0 saturated heterocycles. The Morgan fingerprint density at radius 2 is 0.978 bits per heavy atom. The minimum atomic E-state index is 1.13. The van der Waals surface area contributed by atoms with E-state index in [1.807, 2.05) is 11.3 Å². The van der Waals surface area contributed by atoms with Crippen LogP contribution in [-0.4, -0.2) is 4.57 Å². The maximum absolute atomic E-state index is 2.36. The maximum Gasteiger partial charge on any atom is 0.0541 e. The normalized spacial score (nSPS) is 11.6. The van der Waals surface area contributed by atoms with E-state index in [9.17, 15) is 0 Å². The van der Waals surface area contributed by atoms with Gasteiger partial charge in [0, 0.05) is 53.7 Å². The zero-order valence-electron chi connectivity index (χ0n) is 24.5. The third-order valence-corrected chi connectivity index (χ3v) is 9.91. The van der Waals surface area contributed by atoms with Gasteiger partial charge in [-0.25, -0.2) is 0 Å². The Morgan fingerprint density at radius 1 is 0.378 bits per heavy atom. The molecule has 0 amide bonds. The average Bonchev–Trinajstić information content (AvgIpc) is 3.65. The van der Waals surface area contributed by atoms with Gasteiger partial charge in [-0.2, -0.15) is 0 Å². The van der Waals surface area contributed by atoms with Crippen LogP contribution in [0.5, 0.6) is 0 Å². The molecule has 0 saturated carbocycles. The van der Waals surface area contributed by atoms with Crippen LogP contribution in [0.3, 0.4) is 0 Å². The Kier molecular flexibility index (Phi) is 6.03. The summed E-state index contributed by atoms with van der Waals surface area (Å²) >= 11 is 1.86. The molecule has 45 heavy (non-hydrogen) atoms. The molecular formula is C42H28N2S. The minimum absolute atomic E-state index is 1.13. The Hall–Kier alpha value is -5.64.